The highest BCUT2D eigenvalue weighted by molar-refractivity contribution is 5.68. The number of imidazole rings is 1. The predicted octanol–water partition coefficient (Wildman–Crippen LogP) is 2.63. The van der Waals surface area contributed by atoms with Gasteiger partial charge in [-0.2, -0.15) is 0 Å². The van der Waals surface area contributed by atoms with Gasteiger partial charge in [0.1, 0.15) is 5.75 Å². The maximum absolute atomic E-state index is 10.4. The summed E-state index contributed by atoms with van der Waals surface area (Å²) >= 11 is 0. The fraction of sp³-hybridized carbons (Fsp3) is 0.333. The second-order valence-corrected chi connectivity index (χ2v) is 5.59. The van der Waals surface area contributed by atoms with Crippen LogP contribution in [-0.4, -0.2) is 27.2 Å². The van der Waals surface area contributed by atoms with Crippen molar-refractivity contribution in [1.82, 2.24) is 9.55 Å². The monoisotopic (exact) mass is 274 g/mol. The molecule has 0 aliphatic carbocycles. The third-order valence-electron chi connectivity index (χ3n) is 2.85. The normalized spacial score (nSPS) is 11.3. The van der Waals surface area contributed by atoms with Crippen LogP contribution in [0, 0.1) is 0 Å². The van der Waals surface area contributed by atoms with Crippen LogP contribution in [0.5, 0.6) is 5.75 Å². The summed E-state index contributed by atoms with van der Waals surface area (Å²) < 4.78 is 7.03. The molecule has 2 rings (SSSR count). The van der Waals surface area contributed by atoms with Crippen molar-refractivity contribution in [3.8, 4) is 11.4 Å². The van der Waals surface area contributed by atoms with Crippen LogP contribution in [0.15, 0.2) is 36.8 Å². The van der Waals surface area contributed by atoms with E-state index in [9.17, 15) is 4.79 Å². The molecule has 0 aliphatic rings. The van der Waals surface area contributed by atoms with Crippen LogP contribution >= 0.6 is 0 Å². The van der Waals surface area contributed by atoms with E-state index in [2.05, 4.69) is 25.8 Å². The van der Waals surface area contributed by atoms with E-state index in [4.69, 9.17) is 9.84 Å². The third-order valence-corrected chi connectivity index (χ3v) is 2.85. The van der Waals surface area contributed by atoms with E-state index in [-0.39, 0.29) is 12.0 Å². The van der Waals surface area contributed by atoms with Gasteiger partial charge in [0.15, 0.2) is 6.61 Å². The minimum absolute atomic E-state index is 0.00971. The maximum atomic E-state index is 10.4. The average molecular weight is 274 g/mol. The molecule has 0 radical (unpaired) electrons. The Balaban J connectivity index is 2.14. The zero-order valence-corrected chi connectivity index (χ0v) is 11.8. The van der Waals surface area contributed by atoms with Crippen LogP contribution in [0.1, 0.15) is 26.5 Å². The number of ether oxygens (including phenoxy) is 1. The number of hydrogen-bond acceptors (Lipinski definition) is 3. The number of carbonyl (C=O) groups is 1. The van der Waals surface area contributed by atoms with Gasteiger partial charge in [-0.15, -0.1) is 0 Å². The van der Waals surface area contributed by atoms with E-state index < -0.39 is 5.97 Å². The average Bonchev–Trinajstić information content (AvgIpc) is 2.86. The number of aliphatic carboxylic acids is 1. The molecule has 0 saturated carbocycles. The van der Waals surface area contributed by atoms with Gasteiger partial charge in [-0.05, 0) is 24.3 Å². The summed E-state index contributed by atoms with van der Waals surface area (Å²) in [6.45, 7) is 6.01. The van der Waals surface area contributed by atoms with Crippen molar-refractivity contribution in [1.29, 1.82) is 0 Å². The molecule has 0 unspecified atom stereocenters. The first kappa shape index (κ1) is 14.1. The SMILES string of the molecule is CC(C)(C)c1cn(-c2ccc(OCC(=O)O)cc2)cn1. The number of carboxylic acid groups (broad SMARTS) is 1. The molecule has 0 atom stereocenters. The molecule has 5 nitrogen and oxygen atoms in total. The van der Waals surface area contributed by atoms with Gasteiger partial charge in [0, 0.05) is 17.3 Å². The highest BCUT2D eigenvalue weighted by atomic mass is 16.5. The molecule has 2 aromatic rings. The topological polar surface area (TPSA) is 64.3 Å². The standard InChI is InChI=1S/C15H18N2O3/c1-15(2,3)13-8-17(10-16-13)11-4-6-12(7-5-11)20-9-14(18)19/h4-8,10H,9H2,1-3H3,(H,18,19). The van der Waals surface area contributed by atoms with Crippen LogP contribution < -0.4 is 4.74 Å². The van der Waals surface area contributed by atoms with Crippen molar-refractivity contribution in [2.24, 2.45) is 0 Å². The molecule has 5 heteroatoms. The van der Waals surface area contributed by atoms with E-state index >= 15 is 0 Å². The number of rotatable bonds is 4. The largest absolute Gasteiger partial charge is 0.482 e. The van der Waals surface area contributed by atoms with Crippen molar-refractivity contribution in [3.05, 3.63) is 42.5 Å². The second kappa shape index (κ2) is 5.36. The van der Waals surface area contributed by atoms with Crippen molar-refractivity contribution >= 4 is 5.97 Å². The van der Waals surface area contributed by atoms with Crippen molar-refractivity contribution in [2.45, 2.75) is 26.2 Å². The zero-order valence-electron chi connectivity index (χ0n) is 11.8. The first-order chi connectivity index (χ1) is 9.36. The van der Waals surface area contributed by atoms with Gasteiger partial charge < -0.3 is 14.4 Å². The third kappa shape index (κ3) is 3.38. The minimum Gasteiger partial charge on any atom is -0.482 e. The van der Waals surface area contributed by atoms with Crippen molar-refractivity contribution in [3.63, 3.8) is 0 Å². The highest BCUT2D eigenvalue weighted by Crippen LogP contribution is 2.22. The van der Waals surface area contributed by atoms with E-state index in [1.54, 1.807) is 18.5 Å². The molecule has 20 heavy (non-hydrogen) atoms. The Kier molecular flexibility index (Phi) is 3.79. The summed E-state index contributed by atoms with van der Waals surface area (Å²) in [4.78, 5) is 14.8. The summed E-state index contributed by atoms with van der Waals surface area (Å²) in [6, 6.07) is 7.22. The fourth-order valence-corrected chi connectivity index (χ4v) is 1.71. The molecule has 1 N–H and O–H groups in total. The molecule has 0 bridgehead atoms. The number of nitrogens with zero attached hydrogens (tertiary/aromatic N) is 2. The van der Waals surface area contributed by atoms with Gasteiger partial charge in [-0.1, -0.05) is 20.8 Å². The van der Waals surface area contributed by atoms with Gasteiger partial charge in [-0.3, -0.25) is 0 Å². The van der Waals surface area contributed by atoms with Crippen molar-refractivity contribution < 1.29 is 14.6 Å². The zero-order chi connectivity index (χ0) is 14.8. The number of hydrogen-bond donors (Lipinski definition) is 1. The summed E-state index contributed by atoms with van der Waals surface area (Å²) in [5.41, 5.74) is 1.98. The number of carboxylic acids is 1. The Morgan fingerprint density at radius 3 is 2.45 bits per heavy atom. The Hall–Kier alpha value is -2.30. The smallest absolute Gasteiger partial charge is 0.341 e. The summed E-state index contributed by atoms with van der Waals surface area (Å²) in [5, 5.41) is 8.55. The van der Waals surface area contributed by atoms with Crippen molar-refractivity contribution in [2.75, 3.05) is 6.61 Å². The predicted molar refractivity (Wildman–Crippen MR) is 75.4 cm³/mol. The molecular formula is C15H18N2O3. The van der Waals surface area contributed by atoms with Gasteiger partial charge in [-0.25, -0.2) is 9.78 Å². The second-order valence-electron chi connectivity index (χ2n) is 5.59. The molecule has 0 amide bonds. The Bertz CT molecular complexity index is 594. The first-order valence-electron chi connectivity index (χ1n) is 6.36. The molecule has 0 spiro atoms. The quantitative estimate of drug-likeness (QED) is 0.930. The van der Waals surface area contributed by atoms with Gasteiger partial charge in [0.25, 0.3) is 0 Å². The fourth-order valence-electron chi connectivity index (χ4n) is 1.71. The molecular weight excluding hydrogens is 256 g/mol. The summed E-state index contributed by atoms with van der Waals surface area (Å²) in [7, 11) is 0. The Morgan fingerprint density at radius 1 is 1.30 bits per heavy atom. The summed E-state index contributed by atoms with van der Waals surface area (Å²) in [5.74, 6) is -0.453. The lowest BCUT2D eigenvalue weighted by Crippen LogP contribution is -2.11. The van der Waals surface area contributed by atoms with E-state index in [0.29, 0.717) is 5.75 Å². The van der Waals surface area contributed by atoms with Crippen LogP contribution in [0.4, 0.5) is 0 Å². The van der Waals surface area contributed by atoms with Crippen LogP contribution in [-0.2, 0) is 10.2 Å². The van der Waals surface area contributed by atoms with E-state index in [0.717, 1.165) is 11.4 Å². The molecule has 106 valence electrons. The van der Waals surface area contributed by atoms with Gasteiger partial charge >= 0.3 is 5.97 Å². The molecule has 0 aliphatic heterocycles. The molecule has 0 fully saturated rings. The molecule has 1 aromatic heterocycles. The minimum atomic E-state index is -0.987. The van der Waals surface area contributed by atoms with E-state index in [1.165, 1.54) is 0 Å². The van der Waals surface area contributed by atoms with Crippen LogP contribution in [0.25, 0.3) is 5.69 Å². The van der Waals surface area contributed by atoms with Crippen LogP contribution in [0.3, 0.4) is 0 Å². The number of aromatic nitrogens is 2. The maximum Gasteiger partial charge on any atom is 0.341 e. The van der Waals surface area contributed by atoms with Crippen LogP contribution in [0.2, 0.25) is 0 Å². The number of benzene rings is 1. The van der Waals surface area contributed by atoms with Gasteiger partial charge in [0.2, 0.25) is 0 Å². The highest BCUT2D eigenvalue weighted by Gasteiger charge is 2.16. The lowest BCUT2D eigenvalue weighted by Gasteiger charge is -2.14. The Morgan fingerprint density at radius 2 is 1.95 bits per heavy atom. The first-order valence-corrected chi connectivity index (χ1v) is 6.36. The Labute approximate surface area is 117 Å². The molecule has 0 saturated heterocycles. The van der Waals surface area contributed by atoms with Gasteiger partial charge in [0.05, 0.1) is 12.0 Å². The summed E-state index contributed by atoms with van der Waals surface area (Å²) in [6.07, 6.45) is 3.76. The van der Waals surface area contributed by atoms with E-state index in [1.807, 2.05) is 22.9 Å². The lowest BCUT2D eigenvalue weighted by molar-refractivity contribution is -0.139. The molecule has 1 heterocycles. The molecule has 1 aromatic carbocycles. The lowest BCUT2D eigenvalue weighted by atomic mass is 9.93.